The Morgan fingerprint density at radius 3 is 2.46 bits per heavy atom. The fraction of sp³-hybridized carbons (Fsp3) is 0.585. The van der Waals surface area contributed by atoms with Crippen molar-refractivity contribution < 1.29 is 37.3 Å². The summed E-state index contributed by atoms with van der Waals surface area (Å²) in [4.78, 5) is 23.0. The van der Waals surface area contributed by atoms with Crippen LogP contribution in [0, 0.1) is 30.6 Å². The number of nitrogens with one attached hydrogen (secondary N) is 2. The Labute approximate surface area is 344 Å². The van der Waals surface area contributed by atoms with E-state index in [1.165, 1.54) is 15.6 Å². The highest BCUT2D eigenvalue weighted by Crippen LogP contribution is 2.35. The zero-order valence-corrected chi connectivity index (χ0v) is 36.3. The van der Waals surface area contributed by atoms with Crippen molar-refractivity contribution in [1.82, 2.24) is 19.6 Å². The highest BCUT2D eigenvalue weighted by Gasteiger charge is 2.50. The van der Waals surface area contributed by atoms with Gasteiger partial charge in [0.25, 0.3) is 0 Å². The van der Waals surface area contributed by atoms with Gasteiger partial charge in [-0.25, -0.2) is 18.4 Å². The zero-order chi connectivity index (χ0) is 40.9. The Hall–Kier alpha value is -3.22. The summed E-state index contributed by atoms with van der Waals surface area (Å²) >= 11 is 2.97. The molecule has 2 aliphatic heterocycles. The largest absolute Gasteiger partial charge is 0.487 e. The maximum absolute atomic E-state index is 14.3. The molecule has 0 spiro atoms. The molecule has 3 N–H and O–H groups in total. The molecule has 13 nitrogen and oxygen atoms in total. The molecule has 4 aromatic rings. The van der Waals surface area contributed by atoms with Gasteiger partial charge in [-0.15, -0.1) is 11.3 Å². The molecule has 0 radical (unpaired) electrons. The van der Waals surface area contributed by atoms with Crippen LogP contribution in [0.5, 0.6) is 5.75 Å². The second-order valence-electron chi connectivity index (χ2n) is 16.2. The van der Waals surface area contributed by atoms with Crippen molar-refractivity contribution in [2.75, 3.05) is 38.2 Å². The number of benzene rings is 2. The van der Waals surface area contributed by atoms with E-state index in [1.54, 1.807) is 29.5 Å². The number of aromatic nitrogens is 2. The first kappa shape index (κ1) is 43.4. The number of rotatable bonds is 20. The molecular weight excluding hydrogens is 787 g/mol. The number of nitrogens with zero attached hydrogens (tertiary/aromatic N) is 3. The van der Waals surface area contributed by atoms with Gasteiger partial charge in [0.15, 0.2) is 11.4 Å². The van der Waals surface area contributed by atoms with Gasteiger partial charge in [0.05, 0.1) is 57.5 Å². The molecule has 2 aromatic carbocycles. The zero-order valence-electron chi connectivity index (χ0n) is 33.8. The molecule has 2 saturated heterocycles. The molecule has 6 atom stereocenters. The van der Waals surface area contributed by atoms with Crippen LogP contribution in [0.4, 0.5) is 5.13 Å². The molecule has 0 saturated carbocycles. The minimum Gasteiger partial charge on any atom is -0.487 e. The maximum atomic E-state index is 14.3. The third-order valence-electron chi connectivity index (χ3n) is 9.96. The summed E-state index contributed by atoms with van der Waals surface area (Å²) in [5.41, 5.74) is 2.42. The number of aryl methyl sites for hydroxylation is 1. The molecule has 6 rings (SSSR count). The summed E-state index contributed by atoms with van der Waals surface area (Å²) in [5.74, 6) is -0.250. The number of aliphatic hydroxyl groups excluding tert-OH is 1. The highest BCUT2D eigenvalue weighted by molar-refractivity contribution is 7.89. The third kappa shape index (κ3) is 11.5. The third-order valence-corrected chi connectivity index (χ3v) is 13.6. The number of anilines is 1. The van der Waals surface area contributed by atoms with E-state index in [0.717, 1.165) is 32.6 Å². The molecule has 16 heteroatoms. The fourth-order valence-electron chi connectivity index (χ4n) is 7.19. The van der Waals surface area contributed by atoms with Gasteiger partial charge < -0.3 is 34.7 Å². The maximum Gasteiger partial charge on any atom is 0.306 e. The van der Waals surface area contributed by atoms with Crippen LogP contribution in [-0.2, 0) is 42.1 Å². The van der Waals surface area contributed by atoms with Crippen molar-refractivity contribution >= 4 is 54.0 Å². The van der Waals surface area contributed by atoms with E-state index in [-0.39, 0.29) is 54.9 Å². The van der Waals surface area contributed by atoms with Gasteiger partial charge in [0.1, 0.15) is 18.5 Å². The number of carbonyl (C=O) groups is 1. The van der Waals surface area contributed by atoms with Crippen LogP contribution < -0.4 is 15.4 Å². The monoisotopic (exact) mass is 843 g/mol. The van der Waals surface area contributed by atoms with Crippen LogP contribution in [0.25, 0.3) is 10.2 Å². The second kappa shape index (κ2) is 19.2. The number of carbonyl (C=O) groups excluding carboxylic acids is 1. The van der Waals surface area contributed by atoms with E-state index in [9.17, 15) is 18.3 Å². The molecule has 0 bridgehead atoms. The summed E-state index contributed by atoms with van der Waals surface area (Å²) < 4.78 is 54.5. The first-order valence-electron chi connectivity index (χ1n) is 19.8. The Kier molecular flexibility index (Phi) is 14.6. The second-order valence-corrected chi connectivity index (χ2v) is 20.3. The predicted octanol–water partition coefficient (Wildman–Crippen LogP) is 6.25. The van der Waals surface area contributed by atoms with E-state index < -0.39 is 40.4 Å². The summed E-state index contributed by atoms with van der Waals surface area (Å²) in [6, 6.07) is 12.6. The first-order valence-corrected chi connectivity index (χ1v) is 22.9. The van der Waals surface area contributed by atoms with E-state index in [1.807, 2.05) is 64.3 Å². The Morgan fingerprint density at radius 2 is 1.77 bits per heavy atom. The van der Waals surface area contributed by atoms with Crippen LogP contribution in [-0.4, -0.2) is 97.2 Å². The number of ether oxygens (including phenoxy) is 4. The first-order chi connectivity index (χ1) is 27.1. The van der Waals surface area contributed by atoms with Crippen molar-refractivity contribution in [1.29, 1.82) is 0 Å². The fourth-order valence-corrected chi connectivity index (χ4v) is 10.6. The number of thiazole rings is 2. The lowest BCUT2D eigenvalue weighted by molar-refractivity contribution is -0.153. The van der Waals surface area contributed by atoms with Gasteiger partial charge in [-0.1, -0.05) is 51.2 Å². The van der Waals surface area contributed by atoms with Crippen LogP contribution >= 0.6 is 22.7 Å². The number of sulfonamides is 1. The lowest BCUT2D eigenvalue weighted by Gasteiger charge is -2.30. The lowest BCUT2D eigenvalue weighted by atomic mass is 9.90. The SMILES string of the molecule is Cc1nc(COc2ccc(C[C@H](CC(=O)O[C@H]3CO[C@H]4OC[C@H](NCC(C)C)[C@H]43)[C@H](O)CN(CC(C)C)S(=O)(=O)c3ccc4nc(NC(C)C)sc4c3)cc2)cs1. The molecule has 0 unspecified atom stereocenters. The molecule has 2 aliphatic rings. The van der Waals surface area contributed by atoms with Gasteiger partial charge >= 0.3 is 5.97 Å². The minimum atomic E-state index is -4.05. The summed E-state index contributed by atoms with van der Waals surface area (Å²) in [5, 5.41) is 22.5. The van der Waals surface area contributed by atoms with E-state index in [0.29, 0.717) is 36.8 Å². The molecule has 312 valence electrons. The molecule has 4 heterocycles. The number of aliphatic hydroxyl groups is 1. The van der Waals surface area contributed by atoms with Crippen molar-refractivity contribution in [3.05, 3.63) is 64.1 Å². The molecule has 2 fully saturated rings. The summed E-state index contributed by atoms with van der Waals surface area (Å²) in [6.45, 7) is 15.9. The smallest absolute Gasteiger partial charge is 0.306 e. The standard InChI is InChI=1S/C41H57N5O8S3/c1-24(2)17-42-34-21-52-40-39(34)36(22-53-40)54-38(48)15-29(14-28-8-10-31(11-9-28)51-20-30-23-55-27(7)44-30)35(47)19-46(18-25(3)4)57(49,50)32-12-13-33-37(16-32)56-41(45-33)43-26(5)6/h8-13,16,23-26,29,34-36,39-40,42,47H,14-15,17-22H2,1-7H3,(H,43,45)/t29-,34+,35-,36+,39+,40-/m1/s1. The molecule has 2 aromatic heterocycles. The average molecular weight is 844 g/mol. The Bertz CT molecular complexity index is 2040. The van der Waals surface area contributed by atoms with Crippen molar-refractivity contribution in [3.63, 3.8) is 0 Å². The number of esters is 1. The van der Waals surface area contributed by atoms with Gasteiger partial charge in [0, 0.05) is 36.5 Å². The van der Waals surface area contributed by atoms with E-state index in [2.05, 4.69) is 34.4 Å². The van der Waals surface area contributed by atoms with Crippen molar-refractivity contribution in [2.45, 2.75) is 103 Å². The molecule has 57 heavy (non-hydrogen) atoms. The van der Waals surface area contributed by atoms with Gasteiger partial charge in [0.2, 0.25) is 10.0 Å². The predicted molar refractivity (Wildman–Crippen MR) is 223 cm³/mol. The van der Waals surface area contributed by atoms with E-state index >= 15 is 0 Å². The van der Waals surface area contributed by atoms with Crippen molar-refractivity contribution in [2.24, 2.45) is 23.7 Å². The van der Waals surface area contributed by atoms with E-state index in [4.69, 9.17) is 18.9 Å². The number of fused-ring (bicyclic) bond motifs is 2. The van der Waals surface area contributed by atoms with Crippen LogP contribution in [0.1, 0.15) is 64.2 Å². The van der Waals surface area contributed by atoms with Gasteiger partial charge in [-0.3, -0.25) is 4.79 Å². The topological polar surface area (TPSA) is 161 Å². The van der Waals surface area contributed by atoms with Crippen LogP contribution in [0.15, 0.2) is 52.7 Å². The highest BCUT2D eigenvalue weighted by atomic mass is 32.2. The number of hydrogen-bond donors (Lipinski definition) is 3. The minimum absolute atomic E-state index is 0.0172. The van der Waals surface area contributed by atoms with Gasteiger partial charge in [-0.05, 0) is 81.5 Å². The Morgan fingerprint density at radius 1 is 1.02 bits per heavy atom. The van der Waals surface area contributed by atoms with Crippen LogP contribution in [0.2, 0.25) is 0 Å². The summed E-state index contributed by atoms with van der Waals surface area (Å²) in [7, 11) is -4.05. The lowest BCUT2D eigenvalue weighted by Crippen LogP contribution is -2.44. The number of hydrogen-bond acceptors (Lipinski definition) is 14. The molecule has 0 amide bonds. The molecule has 0 aliphatic carbocycles. The average Bonchev–Trinajstić information content (AvgIpc) is 3.94. The Balaban J connectivity index is 1.20. The quantitative estimate of drug-likeness (QED) is 0.0861. The van der Waals surface area contributed by atoms with Gasteiger partial charge in [-0.2, -0.15) is 4.31 Å². The van der Waals surface area contributed by atoms with Crippen molar-refractivity contribution in [3.8, 4) is 5.75 Å². The normalized spacial score (nSPS) is 20.8. The molecular formula is C41H57N5O8S3. The summed E-state index contributed by atoms with van der Waals surface area (Å²) in [6.07, 6.45) is -2.00. The van der Waals surface area contributed by atoms with Crippen LogP contribution in [0.3, 0.4) is 0 Å².